The maximum Gasteiger partial charge on any atom is 0.0477 e. The van der Waals surface area contributed by atoms with E-state index in [9.17, 15) is 5.11 Å². The van der Waals surface area contributed by atoms with E-state index in [1.165, 1.54) is 57.3 Å². The van der Waals surface area contributed by atoms with Gasteiger partial charge in [0.15, 0.2) is 0 Å². The highest BCUT2D eigenvalue weighted by molar-refractivity contribution is 5.15. The lowest BCUT2D eigenvalue weighted by molar-refractivity contribution is 0.0152. The van der Waals surface area contributed by atoms with Gasteiger partial charge in [-0.15, -0.1) is 0 Å². The predicted octanol–water partition coefficient (Wildman–Crippen LogP) is 2.75. The van der Waals surface area contributed by atoms with Crippen molar-refractivity contribution in [3.05, 3.63) is 35.9 Å². The van der Waals surface area contributed by atoms with Crippen LogP contribution in [0.2, 0.25) is 0 Å². The molecule has 2 aliphatic heterocycles. The molecular weight excluding hydrogens is 284 g/mol. The standard InChI is InChI=1S/C20H30N2O/c23-15-18-14-21(13-17-5-2-1-3-6-17)16-20(18)9-11-22(12-10-20)19-7-4-8-19/h1-3,5-6,18-19,23H,4,7-16H2. The summed E-state index contributed by atoms with van der Waals surface area (Å²) in [6, 6.07) is 11.7. The van der Waals surface area contributed by atoms with Gasteiger partial charge in [-0.3, -0.25) is 4.90 Å². The number of piperidine rings is 1. The first-order valence-corrected chi connectivity index (χ1v) is 9.40. The molecule has 1 N–H and O–H groups in total. The molecule has 126 valence electrons. The zero-order valence-corrected chi connectivity index (χ0v) is 14.2. The Morgan fingerprint density at radius 3 is 2.43 bits per heavy atom. The van der Waals surface area contributed by atoms with Gasteiger partial charge in [0.25, 0.3) is 0 Å². The smallest absolute Gasteiger partial charge is 0.0477 e. The van der Waals surface area contributed by atoms with Gasteiger partial charge in [0, 0.05) is 38.2 Å². The second-order valence-corrected chi connectivity index (χ2v) is 8.02. The second-order valence-electron chi connectivity index (χ2n) is 8.02. The number of aliphatic hydroxyl groups is 1. The van der Waals surface area contributed by atoms with Crippen molar-refractivity contribution < 1.29 is 5.11 Å². The number of hydrogen-bond donors (Lipinski definition) is 1. The van der Waals surface area contributed by atoms with Crippen LogP contribution in [0.5, 0.6) is 0 Å². The van der Waals surface area contributed by atoms with Crippen LogP contribution in [0.4, 0.5) is 0 Å². The third-order valence-corrected chi connectivity index (χ3v) is 6.74. The topological polar surface area (TPSA) is 26.7 Å². The fourth-order valence-corrected chi connectivity index (χ4v) is 5.01. The molecular formula is C20H30N2O. The molecule has 3 heteroatoms. The summed E-state index contributed by atoms with van der Waals surface area (Å²) >= 11 is 0. The van der Waals surface area contributed by atoms with Gasteiger partial charge in [-0.2, -0.15) is 0 Å². The first kappa shape index (κ1) is 15.6. The highest BCUT2D eigenvalue weighted by Crippen LogP contribution is 2.46. The van der Waals surface area contributed by atoms with Crippen LogP contribution in [0.25, 0.3) is 0 Å². The van der Waals surface area contributed by atoms with Crippen LogP contribution in [0.3, 0.4) is 0 Å². The Morgan fingerprint density at radius 2 is 1.83 bits per heavy atom. The Bertz CT molecular complexity index is 506. The average Bonchev–Trinajstić information content (AvgIpc) is 2.86. The number of aliphatic hydroxyl groups excluding tert-OH is 1. The van der Waals surface area contributed by atoms with Crippen molar-refractivity contribution in [2.24, 2.45) is 11.3 Å². The van der Waals surface area contributed by atoms with Gasteiger partial charge < -0.3 is 10.0 Å². The summed E-state index contributed by atoms with van der Waals surface area (Å²) < 4.78 is 0. The Balaban J connectivity index is 1.40. The van der Waals surface area contributed by atoms with Crippen molar-refractivity contribution in [2.45, 2.75) is 44.7 Å². The number of benzene rings is 1. The minimum absolute atomic E-state index is 0.356. The average molecular weight is 314 g/mol. The largest absolute Gasteiger partial charge is 0.396 e. The first-order valence-electron chi connectivity index (χ1n) is 9.40. The van der Waals surface area contributed by atoms with Crippen LogP contribution >= 0.6 is 0 Å². The molecule has 0 radical (unpaired) electrons. The van der Waals surface area contributed by atoms with Crippen molar-refractivity contribution in [3.8, 4) is 0 Å². The van der Waals surface area contributed by atoms with Crippen LogP contribution in [0.1, 0.15) is 37.7 Å². The molecule has 1 atom stereocenters. The molecule has 4 rings (SSSR count). The molecule has 0 aromatic heterocycles. The minimum atomic E-state index is 0.356. The lowest BCUT2D eigenvalue weighted by atomic mass is 9.70. The molecule has 3 aliphatic rings. The van der Waals surface area contributed by atoms with Crippen molar-refractivity contribution in [3.63, 3.8) is 0 Å². The Kier molecular flexibility index (Phi) is 4.44. The van der Waals surface area contributed by atoms with E-state index in [-0.39, 0.29) is 0 Å². The molecule has 1 aromatic carbocycles. The minimum Gasteiger partial charge on any atom is -0.396 e. The molecule has 2 saturated heterocycles. The van der Waals surface area contributed by atoms with Crippen LogP contribution in [0, 0.1) is 11.3 Å². The maximum atomic E-state index is 9.96. The van der Waals surface area contributed by atoms with E-state index in [0.29, 0.717) is 17.9 Å². The SMILES string of the molecule is OCC1CN(Cc2ccccc2)CC12CCN(C1CCC1)CC2. The lowest BCUT2D eigenvalue weighted by Crippen LogP contribution is -2.50. The third-order valence-electron chi connectivity index (χ3n) is 6.74. The molecule has 1 unspecified atom stereocenters. The summed E-state index contributed by atoms with van der Waals surface area (Å²) in [5.41, 5.74) is 1.76. The summed E-state index contributed by atoms with van der Waals surface area (Å²) in [7, 11) is 0. The fourth-order valence-electron chi connectivity index (χ4n) is 5.01. The Morgan fingerprint density at radius 1 is 1.09 bits per heavy atom. The maximum absolute atomic E-state index is 9.96. The fraction of sp³-hybridized carbons (Fsp3) is 0.700. The quantitative estimate of drug-likeness (QED) is 0.926. The van der Waals surface area contributed by atoms with Crippen molar-refractivity contribution in [1.82, 2.24) is 9.80 Å². The third kappa shape index (κ3) is 3.07. The molecule has 2 heterocycles. The Hall–Kier alpha value is -0.900. The van der Waals surface area contributed by atoms with Gasteiger partial charge in [-0.25, -0.2) is 0 Å². The van der Waals surface area contributed by atoms with Crippen molar-refractivity contribution >= 4 is 0 Å². The van der Waals surface area contributed by atoms with E-state index in [1.54, 1.807) is 0 Å². The predicted molar refractivity (Wildman–Crippen MR) is 93.2 cm³/mol. The monoisotopic (exact) mass is 314 g/mol. The summed E-state index contributed by atoms with van der Waals surface area (Å²) in [4.78, 5) is 5.30. The van der Waals surface area contributed by atoms with Crippen LogP contribution < -0.4 is 0 Å². The molecule has 1 aliphatic carbocycles. The highest BCUT2D eigenvalue weighted by atomic mass is 16.3. The van der Waals surface area contributed by atoms with Crippen molar-refractivity contribution in [2.75, 3.05) is 32.8 Å². The summed E-state index contributed by atoms with van der Waals surface area (Å²) in [5, 5.41) is 9.96. The summed E-state index contributed by atoms with van der Waals surface area (Å²) in [6.45, 7) is 6.13. The first-order chi connectivity index (χ1) is 11.3. The number of likely N-dealkylation sites (tertiary alicyclic amines) is 2. The molecule has 1 spiro atoms. The lowest BCUT2D eigenvalue weighted by Gasteiger charge is -2.47. The van der Waals surface area contributed by atoms with Gasteiger partial charge in [0.2, 0.25) is 0 Å². The van der Waals surface area contributed by atoms with E-state index in [4.69, 9.17) is 0 Å². The van der Waals surface area contributed by atoms with Gasteiger partial charge in [0.1, 0.15) is 0 Å². The second kappa shape index (κ2) is 6.54. The van der Waals surface area contributed by atoms with Crippen LogP contribution in [-0.4, -0.2) is 53.7 Å². The van der Waals surface area contributed by atoms with Crippen LogP contribution in [-0.2, 0) is 6.54 Å². The molecule has 1 aromatic rings. The van der Waals surface area contributed by atoms with Gasteiger partial charge in [0.05, 0.1) is 0 Å². The van der Waals surface area contributed by atoms with E-state index in [0.717, 1.165) is 19.1 Å². The van der Waals surface area contributed by atoms with Gasteiger partial charge in [-0.1, -0.05) is 36.8 Å². The van der Waals surface area contributed by atoms with Crippen molar-refractivity contribution in [1.29, 1.82) is 0 Å². The molecule has 1 saturated carbocycles. The van der Waals surface area contributed by atoms with E-state index in [1.807, 2.05) is 0 Å². The number of nitrogens with zero attached hydrogens (tertiary/aromatic N) is 2. The Labute approximate surface area is 140 Å². The highest BCUT2D eigenvalue weighted by Gasteiger charge is 2.48. The van der Waals surface area contributed by atoms with Crippen LogP contribution in [0.15, 0.2) is 30.3 Å². The molecule has 3 nitrogen and oxygen atoms in total. The molecule has 3 fully saturated rings. The molecule has 23 heavy (non-hydrogen) atoms. The molecule has 0 bridgehead atoms. The number of hydrogen-bond acceptors (Lipinski definition) is 3. The van der Waals surface area contributed by atoms with Gasteiger partial charge >= 0.3 is 0 Å². The molecule has 0 amide bonds. The number of rotatable bonds is 4. The van der Waals surface area contributed by atoms with Gasteiger partial charge in [-0.05, 0) is 49.8 Å². The zero-order chi connectivity index (χ0) is 15.7. The normalized spacial score (nSPS) is 29.0. The van der Waals surface area contributed by atoms with E-state index >= 15 is 0 Å². The van der Waals surface area contributed by atoms with E-state index in [2.05, 4.69) is 40.1 Å². The van der Waals surface area contributed by atoms with E-state index < -0.39 is 0 Å². The summed E-state index contributed by atoms with van der Waals surface area (Å²) in [5.74, 6) is 0.467. The zero-order valence-electron chi connectivity index (χ0n) is 14.2. The summed E-state index contributed by atoms with van der Waals surface area (Å²) in [6.07, 6.45) is 6.81.